The number of methoxy groups -OCH3 is 3. The van der Waals surface area contributed by atoms with Crippen LogP contribution in [0, 0.1) is 0 Å². The first-order chi connectivity index (χ1) is 13.9. The molecular formula is C21H26N2O6. The van der Waals surface area contributed by atoms with E-state index in [1.807, 2.05) is 18.2 Å². The van der Waals surface area contributed by atoms with E-state index in [0.717, 1.165) is 0 Å². The van der Waals surface area contributed by atoms with Crippen molar-refractivity contribution in [3.8, 4) is 17.2 Å². The number of anilines is 1. The molecular weight excluding hydrogens is 376 g/mol. The normalized spacial score (nSPS) is 12.4. The third-order valence-corrected chi connectivity index (χ3v) is 4.23. The Balaban J connectivity index is 2.03. The molecule has 1 amide bonds. The van der Waals surface area contributed by atoms with Gasteiger partial charge in [-0.3, -0.25) is 10.1 Å². The summed E-state index contributed by atoms with van der Waals surface area (Å²) in [6.45, 7) is 1.45. The Hall–Kier alpha value is -3.26. The first-order valence-electron chi connectivity index (χ1n) is 8.95. The van der Waals surface area contributed by atoms with E-state index in [1.54, 1.807) is 37.3 Å². The predicted octanol–water partition coefficient (Wildman–Crippen LogP) is 2.24. The highest BCUT2D eigenvalue weighted by molar-refractivity contribution is 5.94. The Morgan fingerprint density at radius 2 is 1.69 bits per heavy atom. The highest BCUT2D eigenvalue weighted by Crippen LogP contribution is 2.28. The zero-order chi connectivity index (χ0) is 21.3. The second-order valence-electron chi connectivity index (χ2n) is 6.39. The van der Waals surface area contributed by atoms with Crippen molar-refractivity contribution < 1.29 is 28.5 Å². The minimum atomic E-state index is -1.22. The topological polar surface area (TPSA) is 95.1 Å². The molecule has 0 fully saturated rings. The molecule has 0 aliphatic rings. The van der Waals surface area contributed by atoms with Crippen LogP contribution in [0.3, 0.4) is 0 Å². The van der Waals surface area contributed by atoms with E-state index >= 15 is 0 Å². The summed E-state index contributed by atoms with van der Waals surface area (Å²) in [7, 11) is 4.32. The van der Waals surface area contributed by atoms with Crippen molar-refractivity contribution in [3.05, 3.63) is 48.5 Å². The van der Waals surface area contributed by atoms with E-state index < -0.39 is 11.5 Å². The lowest BCUT2D eigenvalue weighted by molar-refractivity contribution is -0.149. The lowest BCUT2D eigenvalue weighted by Gasteiger charge is -2.27. The van der Waals surface area contributed by atoms with Crippen LogP contribution in [0.4, 0.5) is 5.69 Å². The SMILES string of the molecule is COC(=O)C(C)(COc1ccccc1)NCC(=O)Nc1cc(OC)ccc1OC. The Morgan fingerprint density at radius 3 is 2.31 bits per heavy atom. The van der Waals surface area contributed by atoms with Crippen LogP contribution in [0.5, 0.6) is 17.2 Å². The summed E-state index contributed by atoms with van der Waals surface area (Å²) < 4.78 is 21.0. The van der Waals surface area contributed by atoms with Gasteiger partial charge in [0.25, 0.3) is 0 Å². The number of carbonyl (C=O) groups excluding carboxylic acids is 2. The van der Waals surface area contributed by atoms with Gasteiger partial charge < -0.3 is 24.3 Å². The number of benzene rings is 2. The van der Waals surface area contributed by atoms with E-state index in [9.17, 15) is 9.59 Å². The molecule has 1 atom stereocenters. The number of carbonyl (C=O) groups is 2. The van der Waals surface area contributed by atoms with Gasteiger partial charge in [-0.25, -0.2) is 4.79 Å². The molecule has 0 spiro atoms. The van der Waals surface area contributed by atoms with Gasteiger partial charge in [-0.05, 0) is 31.2 Å². The fraction of sp³-hybridized carbons (Fsp3) is 0.333. The zero-order valence-electron chi connectivity index (χ0n) is 17.0. The molecule has 0 saturated carbocycles. The summed E-state index contributed by atoms with van der Waals surface area (Å²) in [5.41, 5.74) is -0.764. The summed E-state index contributed by atoms with van der Waals surface area (Å²) in [4.78, 5) is 24.7. The summed E-state index contributed by atoms with van der Waals surface area (Å²) in [5.74, 6) is 0.758. The first-order valence-corrected chi connectivity index (χ1v) is 8.95. The van der Waals surface area contributed by atoms with Crippen molar-refractivity contribution in [2.24, 2.45) is 0 Å². The maximum absolute atomic E-state index is 12.4. The van der Waals surface area contributed by atoms with Crippen LogP contribution in [0.2, 0.25) is 0 Å². The van der Waals surface area contributed by atoms with Gasteiger partial charge in [-0.2, -0.15) is 0 Å². The Kier molecular flexibility index (Phi) is 7.85. The number of rotatable bonds is 10. The van der Waals surface area contributed by atoms with Crippen LogP contribution in [0.15, 0.2) is 48.5 Å². The van der Waals surface area contributed by atoms with Gasteiger partial charge in [-0.15, -0.1) is 0 Å². The van der Waals surface area contributed by atoms with Crippen molar-refractivity contribution in [2.45, 2.75) is 12.5 Å². The molecule has 0 aliphatic heterocycles. The lowest BCUT2D eigenvalue weighted by Crippen LogP contribution is -2.56. The molecule has 29 heavy (non-hydrogen) atoms. The molecule has 0 saturated heterocycles. The Labute approximate surface area is 170 Å². The zero-order valence-corrected chi connectivity index (χ0v) is 17.0. The van der Waals surface area contributed by atoms with Gasteiger partial charge in [-0.1, -0.05) is 18.2 Å². The number of esters is 1. The molecule has 2 aromatic carbocycles. The molecule has 2 aromatic rings. The molecule has 0 aromatic heterocycles. The highest BCUT2D eigenvalue weighted by atomic mass is 16.5. The summed E-state index contributed by atoms with van der Waals surface area (Å²) in [6, 6.07) is 14.1. The summed E-state index contributed by atoms with van der Waals surface area (Å²) >= 11 is 0. The molecule has 0 radical (unpaired) electrons. The van der Waals surface area contributed by atoms with Crippen LogP contribution in [0.25, 0.3) is 0 Å². The Morgan fingerprint density at radius 1 is 0.966 bits per heavy atom. The van der Waals surface area contributed by atoms with Crippen molar-refractivity contribution >= 4 is 17.6 Å². The maximum Gasteiger partial charge on any atom is 0.329 e. The fourth-order valence-electron chi connectivity index (χ4n) is 2.53. The van der Waals surface area contributed by atoms with E-state index in [1.165, 1.54) is 21.3 Å². The second-order valence-corrected chi connectivity index (χ2v) is 6.39. The van der Waals surface area contributed by atoms with Crippen LogP contribution >= 0.6 is 0 Å². The molecule has 2 rings (SSSR count). The van der Waals surface area contributed by atoms with E-state index in [2.05, 4.69) is 10.6 Å². The number of hydrogen-bond donors (Lipinski definition) is 2. The van der Waals surface area contributed by atoms with Gasteiger partial charge in [0, 0.05) is 6.07 Å². The number of nitrogens with one attached hydrogen (secondary N) is 2. The standard InChI is InChI=1S/C21H26N2O6/c1-21(20(25)28-4,14-29-15-8-6-5-7-9-15)22-13-19(24)23-17-12-16(26-2)10-11-18(17)27-3/h5-12,22H,13-14H2,1-4H3,(H,23,24). The third kappa shape index (κ3) is 6.11. The number of hydrogen-bond acceptors (Lipinski definition) is 7. The van der Waals surface area contributed by atoms with Gasteiger partial charge in [0.15, 0.2) is 0 Å². The Bertz CT molecular complexity index is 827. The van der Waals surface area contributed by atoms with E-state index in [-0.39, 0.29) is 19.1 Å². The lowest BCUT2D eigenvalue weighted by atomic mass is 10.0. The van der Waals surface area contributed by atoms with Crippen LogP contribution in [-0.2, 0) is 14.3 Å². The van der Waals surface area contributed by atoms with Gasteiger partial charge in [0.1, 0.15) is 29.4 Å². The van der Waals surface area contributed by atoms with Gasteiger partial charge >= 0.3 is 5.97 Å². The largest absolute Gasteiger partial charge is 0.497 e. The fourth-order valence-corrected chi connectivity index (χ4v) is 2.53. The smallest absolute Gasteiger partial charge is 0.329 e. The van der Waals surface area contributed by atoms with Crippen LogP contribution in [0.1, 0.15) is 6.92 Å². The average Bonchev–Trinajstić information content (AvgIpc) is 2.76. The predicted molar refractivity (Wildman–Crippen MR) is 109 cm³/mol. The molecule has 8 heteroatoms. The monoisotopic (exact) mass is 402 g/mol. The minimum Gasteiger partial charge on any atom is -0.497 e. The summed E-state index contributed by atoms with van der Waals surface area (Å²) in [6.07, 6.45) is 0. The maximum atomic E-state index is 12.4. The molecule has 0 heterocycles. The summed E-state index contributed by atoms with van der Waals surface area (Å²) in [5, 5.41) is 5.66. The van der Waals surface area contributed by atoms with Gasteiger partial charge in [0.05, 0.1) is 33.6 Å². The van der Waals surface area contributed by atoms with E-state index in [0.29, 0.717) is 22.9 Å². The average molecular weight is 402 g/mol. The highest BCUT2D eigenvalue weighted by Gasteiger charge is 2.35. The molecule has 8 nitrogen and oxygen atoms in total. The van der Waals surface area contributed by atoms with Crippen molar-refractivity contribution in [2.75, 3.05) is 39.8 Å². The number of ether oxygens (including phenoxy) is 4. The van der Waals surface area contributed by atoms with Crippen molar-refractivity contribution in [1.29, 1.82) is 0 Å². The quantitative estimate of drug-likeness (QED) is 0.589. The second kappa shape index (κ2) is 10.3. The van der Waals surface area contributed by atoms with Crippen LogP contribution in [-0.4, -0.2) is 51.9 Å². The van der Waals surface area contributed by atoms with Crippen molar-refractivity contribution in [1.82, 2.24) is 5.32 Å². The first kappa shape index (κ1) is 22.0. The molecule has 0 aliphatic carbocycles. The molecule has 156 valence electrons. The van der Waals surface area contributed by atoms with Crippen LogP contribution < -0.4 is 24.8 Å². The van der Waals surface area contributed by atoms with Gasteiger partial charge in [0.2, 0.25) is 5.91 Å². The van der Waals surface area contributed by atoms with E-state index in [4.69, 9.17) is 18.9 Å². The number of amides is 1. The molecule has 2 N–H and O–H groups in total. The molecule has 1 unspecified atom stereocenters. The third-order valence-electron chi connectivity index (χ3n) is 4.23. The molecule has 0 bridgehead atoms. The minimum absolute atomic E-state index is 0.0144. The van der Waals surface area contributed by atoms with Crippen molar-refractivity contribution in [3.63, 3.8) is 0 Å². The number of para-hydroxylation sites is 1.